The van der Waals surface area contributed by atoms with Gasteiger partial charge in [-0.3, -0.25) is 0 Å². The van der Waals surface area contributed by atoms with E-state index in [4.69, 9.17) is 4.74 Å². The minimum Gasteiger partial charge on any atom is -0.491 e. The lowest BCUT2D eigenvalue weighted by Crippen LogP contribution is -2.26. The summed E-state index contributed by atoms with van der Waals surface area (Å²) >= 11 is 0. The zero-order valence-electron chi connectivity index (χ0n) is 12.3. The number of ether oxygens (including phenoxy) is 1. The third kappa shape index (κ3) is 4.76. The van der Waals surface area contributed by atoms with Gasteiger partial charge in [-0.15, -0.1) is 0 Å². The molecular weight excluding hydrogens is 269 g/mol. The van der Waals surface area contributed by atoms with E-state index in [1.54, 1.807) is 6.07 Å². The van der Waals surface area contributed by atoms with Crippen LogP contribution in [0.3, 0.4) is 0 Å². The molecule has 0 aliphatic heterocycles. The van der Waals surface area contributed by atoms with Gasteiger partial charge in [0, 0.05) is 12.2 Å². The van der Waals surface area contributed by atoms with Crippen molar-refractivity contribution in [2.45, 2.75) is 20.0 Å². The lowest BCUT2D eigenvalue weighted by atomic mass is 10.2. The zero-order valence-corrected chi connectivity index (χ0v) is 12.3. The Labute approximate surface area is 124 Å². The highest BCUT2D eigenvalue weighted by atomic mass is 19.1. The van der Waals surface area contributed by atoms with Gasteiger partial charge in [0.05, 0.1) is 0 Å². The van der Waals surface area contributed by atoms with Crippen LogP contribution >= 0.6 is 0 Å². The van der Waals surface area contributed by atoms with E-state index in [-0.39, 0.29) is 12.4 Å². The van der Waals surface area contributed by atoms with Crippen LogP contribution in [0.4, 0.5) is 10.1 Å². The van der Waals surface area contributed by atoms with Crippen molar-refractivity contribution >= 4 is 5.69 Å². The molecule has 0 amide bonds. The van der Waals surface area contributed by atoms with Crippen LogP contribution in [0.2, 0.25) is 0 Å². The quantitative estimate of drug-likeness (QED) is 0.857. The van der Waals surface area contributed by atoms with Crippen molar-refractivity contribution in [1.29, 1.82) is 0 Å². The summed E-state index contributed by atoms with van der Waals surface area (Å²) in [5.41, 5.74) is 2.73. The van der Waals surface area contributed by atoms with Crippen molar-refractivity contribution in [3.8, 4) is 5.75 Å². The van der Waals surface area contributed by atoms with Gasteiger partial charge in [0.2, 0.25) is 0 Å². The van der Waals surface area contributed by atoms with Crippen molar-refractivity contribution in [3.05, 3.63) is 59.4 Å². The van der Waals surface area contributed by atoms with E-state index in [9.17, 15) is 9.50 Å². The number of aliphatic hydroxyl groups is 1. The summed E-state index contributed by atoms with van der Waals surface area (Å²) in [4.78, 5) is 0. The fourth-order valence-electron chi connectivity index (χ4n) is 2.01. The highest BCUT2D eigenvalue weighted by Gasteiger charge is 2.07. The lowest BCUT2D eigenvalue weighted by molar-refractivity contribution is 0.117. The average molecular weight is 289 g/mol. The molecule has 2 aromatic carbocycles. The molecule has 0 aliphatic rings. The topological polar surface area (TPSA) is 41.5 Å². The lowest BCUT2D eigenvalue weighted by Gasteiger charge is -2.15. The molecule has 0 aromatic heterocycles. The van der Waals surface area contributed by atoms with Crippen molar-refractivity contribution in [1.82, 2.24) is 0 Å². The number of hydrogen-bond acceptors (Lipinski definition) is 3. The van der Waals surface area contributed by atoms with E-state index in [1.165, 1.54) is 12.1 Å². The molecule has 1 unspecified atom stereocenters. The molecule has 1 atom stereocenters. The third-order valence-electron chi connectivity index (χ3n) is 3.15. The molecule has 0 bridgehead atoms. The highest BCUT2D eigenvalue weighted by Crippen LogP contribution is 2.16. The summed E-state index contributed by atoms with van der Waals surface area (Å²) in [6, 6.07) is 12.2. The molecule has 3 nitrogen and oxygen atoms in total. The molecule has 112 valence electrons. The molecule has 0 aliphatic carbocycles. The third-order valence-corrected chi connectivity index (χ3v) is 3.15. The van der Waals surface area contributed by atoms with E-state index in [2.05, 4.69) is 5.32 Å². The molecule has 0 radical (unpaired) electrons. The largest absolute Gasteiger partial charge is 0.491 e. The summed E-state index contributed by atoms with van der Waals surface area (Å²) < 4.78 is 18.5. The second kappa shape index (κ2) is 7.09. The predicted molar refractivity (Wildman–Crippen MR) is 82.3 cm³/mol. The van der Waals surface area contributed by atoms with E-state index in [1.807, 2.05) is 38.1 Å². The summed E-state index contributed by atoms with van der Waals surface area (Å²) in [5, 5.41) is 13.0. The van der Waals surface area contributed by atoms with Gasteiger partial charge in [0.25, 0.3) is 0 Å². The summed E-state index contributed by atoms with van der Waals surface area (Å²) in [5.74, 6) is 0.480. The normalized spacial score (nSPS) is 12.0. The standard InChI is InChI=1S/C17H20FNO2/c1-12-4-3-5-16(8-12)21-11-15(20)10-19-17-7-6-14(18)9-13(17)2/h3-9,15,19-20H,10-11H2,1-2H3. The van der Waals surface area contributed by atoms with Crippen LogP contribution in [0.25, 0.3) is 0 Å². The number of aliphatic hydroxyl groups excluding tert-OH is 1. The molecule has 4 heteroatoms. The first-order valence-corrected chi connectivity index (χ1v) is 6.92. The Morgan fingerprint density at radius 2 is 2.00 bits per heavy atom. The van der Waals surface area contributed by atoms with E-state index < -0.39 is 6.10 Å². The number of aryl methyl sites for hydroxylation is 2. The smallest absolute Gasteiger partial charge is 0.123 e. The maximum Gasteiger partial charge on any atom is 0.123 e. The van der Waals surface area contributed by atoms with Crippen LogP contribution in [0.1, 0.15) is 11.1 Å². The van der Waals surface area contributed by atoms with E-state index in [0.29, 0.717) is 6.54 Å². The summed E-state index contributed by atoms with van der Waals surface area (Å²) in [7, 11) is 0. The molecule has 0 saturated heterocycles. The first-order valence-electron chi connectivity index (χ1n) is 6.92. The molecule has 0 saturated carbocycles. The molecule has 21 heavy (non-hydrogen) atoms. The fraction of sp³-hybridized carbons (Fsp3) is 0.294. The molecule has 0 heterocycles. The Balaban J connectivity index is 1.80. The number of rotatable bonds is 6. The SMILES string of the molecule is Cc1cccc(OCC(O)CNc2ccc(F)cc2C)c1. The van der Waals surface area contributed by atoms with Gasteiger partial charge in [-0.1, -0.05) is 12.1 Å². The maximum atomic E-state index is 13.0. The van der Waals surface area contributed by atoms with Crippen LogP contribution in [0.5, 0.6) is 5.75 Å². The average Bonchev–Trinajstić information content (AvgIpc) is 2.44. The van der Waals surface area contributed by atoms with Crippen molar-refractivity contribution in [2.24, 2.45) is 0 Å². The molecule has 0 spiro atoms. The number of benzene rings is 2. The van der Waals surface area contributed by atoms with Gasteiger partial charge in [-0.25, -0.2) is 4.39 Å². The minimum absolute atomic E-state index is 0.205. The van der Waals surface area contributed by atoms with E-state index in [0.717, 1.165) is 22.6 Å². The monoisotopic (exact) mass is 289 g/mol. The van der Waals surface area contributed by atoms with Crippen molar-refractivity contribution < 1.29 is 14.2 Å². The molecule has 2 rings (SSSR count). The second-order valence-corrected chi connectivity index (χ2v) is 5.12. The first-order chi connectivity index (χ1) is 10.0. The number of hydrogen-bond donors (Lipinski definition) is 2. The van der Waals surface area contributed by atoms with E-state index >= 15 is 0 Å². The van der Waals surface area contributed by atoms with Gasteiger partial charge < -0.3 is 15.2 Å². The fourth-order valence-corrected chi connectivity index (χ4v) is 2.01. The van der Waals surface area contributed by atoms with Gasteiger partial charge >= 0.3 is 0 Å². The molecular formula is C17H20FNO2. The molecule has 0 fully saturated rings. The van der Waals surface area contributed by atoms with Gasteiger partial charge in [-0.2, -0.15) is 0 Å². The highest BCUT2D eigenvalue weighted by molar-refractivity contribution is 5.50. The molecule has 2 aromatic rings. The number of anilines is 1. The Morgan fingerprint density at radius 1 is 1.19 bits per heavy atom. The van der Waals surface area contributed by atoms with Crippen LogP contribution in [0.15, 0.2) is 42.5 Å². The Hall–Kier alpha value is -2.07. The Bertz CT molecular complexity index is 601. The second-order valence-electron chi connectivity index (χ2n) is 5.12. The van der Waals surface area contributed by atoms with Crippen LogP contribution in [0, 0.1) is 19.7 Å². The van der Waals surface area contributed by atoms with Crippen molar-refractivity contribution in [2.75, 3.05) is 18.5 Å². The Kier molecular flexibility index (Phi) is 5.17. The first kappa shape index (κ1) is 15.3. The minimum atomic E-state index is -0.644. The van der Waals surface area contributed by atoms with Gasteiger partial charge in [0.15, 0.2) is 0 Å². The van der Waals surface area contributed by atoms with Crippen LogP contribution in [-0.4, -0.2) is 24.4 Å². The molecule has 2 N–H and O–H groups in total. The number of nitrogens with one attached hydrogen (secondary N) is 1. The van der Waals surface area contributed by atoms with Gasteiger partial charge in [-0.05, 0) is 55.3 Å². The van der Waals surface area contributed by atoms with Gasteiger partial charge in [0.1, 0.15) is 24.3 Å². The van der Waals surface area contributed by atoms with Crippen LogP contribution in [-0.2, 0) is 0 Å². The number of halogens is 1. The van der Waals surface area contributed by atoms with Crippen molar-refractivity contribution in [3.63, 3.8) is 0 Å². The maximum absolute atomic E-state index is 13.0. The summed E-state index contributed by atoms with van der Waals surface area (Å²) in [6.45, 7) is 4.36. The Morgan fingerprint density at radius 3 is 2.71 bits per heavy atom. The van der Waals surface area contributed by atoms with Crippen LogP contribution < -0.4 is 10.1 Å². The predicted octanol–water partition coefficient (Wildman–Crippen LogP) is 3.29. The zero-order chi connectivity index (χ0) is 15.2. The summed E-state index contributed by atoms with van der Waals surface area (Å²) in [6.07, 6.45) is -0.644.